The first-order valence-corrected chi connectivity index (χ1v) is 11.2. The quantitative estimate of drug-likeness (QED) is 0.349. The highest BCUT2D eigenvalue weighted by Gasteiger charge is 2.20. The molecule has 0 atom stereocenters. The number of hydrogen-bond acceptors (Lipinski definition) is 9. The van der Waals surface area contributed by atoms with Crippen LogP contribution in [0.15, 0.2) is 48.7 Å². The Labute approximate surface area is 207 Å². The van der Waals surface area contributed by atoms with E-state index < -0.39 is 17.6 Å². The maximum absolute atomic E-state index is 14.4. The Kier molecular flexibility index (Phi) is 7.44. The molecule has 1 aromatic heterocycles. The predicted molar refractivity (Wildman–Crippen MR) is 134 cm³/mol. The van der Waals surface area contributed by atoms with Gasteiger partial charge < -0.3 is 36.6 Å². The van der Waals surface area contributed by atoms with Gasteiger partial charge in [-0.2, -0.15) is 4.98 Å². The molecule has 0 spiro atoms. The van der Waals surface area contributed by atoms with E-state index in [0.29, 0.717) is 22.7 Å². The van der Waals surface area contributed by atoms with E-state index >= 15 is 0 Å². The number of likely N-dealkylation sites (N-methyl/N-ethyl adjacent to an activating group) is 1. The summed E-state index contributed by atoms with van der Waals surface area (Å²) in [5.74, 6) is -1.27. The number of carbonyl (C=O) groups excluding carboxylic acids is 2. The van der Waals surface area contributed by atoms with Crippen molar-refractivity contribution in [3.05, 3.63) is 60.0 Å². The minimum absolute atomic E-state index is 0.0533. The number of carbonyl (C=O) groups is 2. The Bertz CT molecular complexity index is 1250. The summed E-state index contributed by atoms with van der Waals surface area (Å²) >= 11 is 0. The number of benzene rings is 2. The van der Waals surface area contributed by atoms with Gasteiger partial charge in [0.05, 0.1) is 11.8 Å². The molecule has 36 heavy (non-hydrogen) atoms. The Balaban J connectivity index is 1.48. The lowest BCUT2D eigenvalue weighted by atomic mass is 10.1. The lowest BCUT2D eigenvalue weighted by molar-refractivity contribution is -0.119. The number of anilines is 5. The zero-order valence-electron chi connectivity index (χ0n) is 19.7. The zero-order chi connectivity index (χ0) is 25.7. The average Bonchev–Trinajstić information content (AvgIpc) is 2.86. The second-order valence-electron chi connectivity index (χ2n) is 8.31. The minimum Gasteiger partial charge on any atom is -0.484 e. The number of primary amides is 2. The molecule has 0 aliphatic carbocycles. The highest BCUT2D eigenvalue weighted by Crippen LogP contribution is 2.27. The van der Waals surface area contributed by atoms with Crippen LogP contribution in [-0.2, 0) is 4.79 Å². The van der Waals surface area contributed by atoms with E-state index in [1.807, 2.05) is 6.07 Å². The fourth-order valence-corrected chi connectivity index (χ4v) is 3.70. The highest BCUT2D eigenvalue weighted by molar-refractivity contribution is 6.00. The van der Waals surface area contributed by atoms with Gasteiger partial charge in [-0.15, -0.1) is 0 Å². The predicted octanol–water partition coefficient (Wildman–Crippen LogP) is 1.82. The molecule has 0 unspecified atom stereocenters. The van der Waals surface area contributed by atoms with Crippen molar-refractivity contribution >= 4 is 40.6 Å². The first-order chi connectivity index (χ1) is 17.3. The summed E-state index contributed by atoms with van der Waals surface area (Å²) in [7, 11) is 2.06. The number of nitrogens with one attached hydrogen (secondary N) is 2. The van der Waals surface area contributed by atoms with Crippen molar-refractivity contribution < 1.29 is 18.7 Å². The van der Waals surface area contributed by atoms with Gasteiger partial charge in [-0.3, -0.25) is 9.59 Å². The van der Waals surface area contributed by atoms with Crippen LogP contribution in [0.1, 0.15) is 10.4 Å². The fourth-order valence-electron chi connectivity index (χ4n) is 3.70. The van der Waals surface area contributed by atoms with E-state index in [0.717, 1.165) is 38.1 Å². The molecule has 12 heteroatoms. The van der Waals surface area contributed by atoms with E-state index in [1.54, 1.807) is 36.4 Å². The molecule has 6 N–H and O–H groups in total. The molecule has 1 aliphatic heterocycles. The van der Waals surface area contributed by atoms with E-state index in [-0.39, 0.29) is 18.4 Å². The van der Waals surface area contributed by atoms with Crippen molar-refractivity contribution in [1.29, 1.82) is 0 Å². The van der Waals surface area contributed by atoms with Gasteiger partial charge in [-0.25, -0.2) is 9.37 Å². The molecular formula is C24H27FN8O3. The number of halogens is 1. The van der Waals surface area contributed by atoms with Crippen LogP contribution < -0.4 is 31.7 Å². The normalized spacial score (nSPS) is 13.8. The third kappa shape index (κ3) is 6.16. The Morgan fingerprint density at radius 1 is 1.03 bits per heavy atom. The van der Waals surface area contributed by atoms with Gasteiger partial charge in [-0.1, -0.05) is 0 Å². The van der Waals surface area contributed by atoms with E-state index in [9.17, 15) is 14.0 Å². The summed E-state index contributed by atoms with van der Waals surface area (Å²) in [5, 5.41) is 5.88. The number of rotatable bonds is 9. The molecule has 3 aromatic rings. The third-order valence-corrected chi connectivity index (χ3v) is 5.60. The first-order valence-electron chi connectivity index (χ1n) is 11.2. The monoisotopic (exact) mass is 494 g/mol. The number of nitrogens with two attached hydrogens (primary N) is 2. The molecule has 2 heterocycles. The van der Waals surface area contributed by atoms with Crippen molar-refractivity contribution in [2.24, 2.45) is 11.5 Å². The molecule has 2 aromatic carbocycles. The molecule has 188 valence electrons. The van der Waals surface area contributed by atoms with Gasteiger partial charge in [0.2, 0.25) is 5.95 Å². The summed E-state index contributed by atoms with van der Waals surface area (Å²) in [6.45, 7) is 3.12. The van der Waals surface area contributed by atoms with Crippen LogP contribution in [-0.4, -0.2) is 66.5 Å². The van der Waals surface area contributed by atoms with Gasteiger partial charge in [0.1, 0.15) is 5.75 Å². The number of amides is 2. The molecule has 1 fully saturated rings. The van der Waals surface area contributed by atoms with Crippen molar-refractivity contribution in [3.8, 4) is 5.75 Å². The van der Waals surface area contributed by atoms with Crippen molar-refractivity contribution in [3.63, 3.8) is 0 Å². The lowest BCUT2D eigenvalue weighted by Gasteiger charge is -2.35. The molecular weight excluding hydrogens is 467 g/mol. The van der Waals surface area contributed by atoms with Crippen LogP contribution in [0, 0.1) is 5.82 Å². The second kappa shape index (κ2) is 10.9. The number of hydrogen-bond donors (Lipinski definition) is 4. The summed E-state index contributed by atoms with van der Waals surface area (Å²) in [5.41, 5.74) is 12.9. The van der Waals surface area contributed by atoms with E-state index in [1.165, 1.54) is 0 Å². The van der Waals surface area contributed by atoms with Crippen LogP contribution in [0.4, 0.5) is 33.2 Å². The van der Waals surface area contributed by atoms with E-state index in [2.05, 4.69) is 37.4 Å². The largest absolute Gasteiger partial charge is 0.484 e. The van der Waals surface area contributed by atoms with E-state index in [4.69, 9.17) is 16.2 Å². The summed E-state index contributed by atoms with van der Waals surface area (Å²) in [6.07, 6.45) is 1.04. The number of piperazine rings is 1. The van der Waals surface area contributed by atoms with Gasteiger partial charge in [-0.05, 0) is 49.5 Å². The van der Waals surface area contributed by atoms with Gasteiger partial charge in [0.15, 0.2) is 18.2 Å². The summed E-state index contributed by atoms with van der Waals surface area (Å²) < 4.78 is 19.6. The third-order valence-electron chi connectivity index (χ3n) is 5.60. The summed E-state index contributed by atoms with van der Waals surface area (Å²) in [4.78, 5) is 35.5. The Morgan fingerprint density at radius 2 is 1.72 bits per heavy atom. The van der Waals surface area contributed by atoms with Crippen LogP contribution in [0.3, 0.4) is 0 Å². The molecule has 4 rings (SSSR count). The van der Waals surface area contributed by atoms with Crippen LogP contribution in [0.5, 0.6) is 5.75 Å². The maximum Gasteiger partial charge on any atom is 0.255 e. The topological polar surface area (TPSA) is 152 Å². The molecule has 11 nitrogen and oxygen atoms in total. The van der Waals surface area contributed by atoms with Crippen LogP contribution in [0.25, 0.3) is 0 Å². The zero-order valence-corrected chi connectivity index (χ0v) is 19.7. The Hall–Kier alpha value is -4.45. The van der Waals surface area contributed by atoms with Gasteiger partial charge in [0, 0.05) is 43.2 Å². The van der Waals surface area contributed by atoms with Crippen LogP contribution in [0.2, 0.25) is 0 Å². The first kappa shape index (κ1) is 24.7. The van der Waals surface area contributed by atoms with Crippen molar-refractivity contribution in [2.45, 2.75) is 0 Å². The maximum atomic E-state index is 14.4. The number of ether oxygens (including phenoxy) is 1. The molecule has 0 saturated carbocycles. The number of nitrogens with zero attached hydrogens (tertiary/aromatic N) is 4. The van der Waals surface area contributed by atoms with Crippen molar-refractivity contribution in [1.82, 2.24) is 14.9 Å². The molecule has 1 saturated heterocycles. The van der Waals surface area contributed by atoms with Gasteiger partial charge >= 0.3 is 0 Å². The SMILES string of the molecule is CN1CCN(c2ccc(Nc3ncc(F)c(Nc4ccc(OCC(N)=O)cc4)n3)cc2C(N)=O)CC1. The minimum atomic E-state index is -0.655. The molecule has 1 aliphatic rings. The number of aromatic nitrogens is 2. The van der Waals surface area contributed by atoms with Gasteiger partial charge in [0.25, 0.3) is 11.8 Å². The standard InChI is InChI=1S/C24H27FN8O3/c1-32-8-10-33(11-9-32)20-7-4-16(12-18(20)22(27)35)30-24-28-13-19(25)23(31-24)29-15-2-5-17(6-3-15)36-14-21(26)34/h2-7,12-13H,8-11,14H2,1H3,(H2,26,34)(H2,27,35)(H2,28,29,30,31). The molecule has 2 amide bonds. The Morgan fingerprint density at radius 3 is 2.39 bits per heavy atom. The van der Waals surface area contributed by atoms with Crippen LogP contribution >= 0.6 is 0 Å². The smallest absolute Gasteiger partial charge is 0.255 e. The molecule has 0 bridgehead atoms. The second-order valence-corrected chi connectivity index (χ2v) is 8.31. The fraction of sp³-hybridized carbons (Fsp3) is 0.250. The lowest BCUT2D eigenvalue weighted by Crippen LogP contribution is -2.45. The average molecular weight is 495 g/mol. The highest BCUT2D eigenvalue weighted by atomic mass is 19.1. The molecule has 0 radical (unpaired) electrons. The van der Waals surface area contributed by atoms with Crippen molar-refractivity contribution in [2.75, 3.05) is 55.4 Å². The summed E-state index contributed by atoms with van der Waals surface area (Å²) in [6, 6.07) is 11.8.